The molecule has 0 spiro atoms. The van der Waals surface area contributed by atoms with Gasteiger partial charge in [0.05, 0.1) is 19.1 Å². The molecule has 0 aromatic heterocycles. The van der Waals surface area contributed by atoms with E-state index in [9.17, 15) is 14.9 Å². The number of Topliss-reactive ketones (excluding diaryl/α,β-unsaturated/α-hetero) is 1. The summed E-state index contributed by atoms with van der Waals surface area (Å²) >= 11 is 0. The Hall–Kier alpha value is -2.15. The lowest BCUT2D eigenvalue weighted by atomic mass is 9.89. The smallest absolute Gasteiger partial charge is 0.306 e. The quantitative estimate of drug-likeness (QED) is 0.747. The zero-order chi connectivity index (χ0) is 15.1. The lowest BCUT2D eigenvalue weighted by molar-refractivity contribution is -0.144. The maximum Gasteiger partial charge on any atom is 0.306 e. The third-order valence-electron chi connectivity index (χ3n) is 3.07. The van der Waals surface area contributed by atoms with Crippen LogP contribution in [0.2, 0.25) is 0 Å². The molecule has 0 aliphatic carbocycles. The summed E-state index contributed by atoms with van der Waals surface area (Å²) in [5.74, 6) is -1.46. The van der Waals surface area contributed by atoms with Gasteiger partial charge in [-0.25, -0.2) is 0 Å². The Kier molecular flexibility index (Phi) is 5.92. The van der Waals surface area contributed by atoms with Gasteiger partial charge in [-0.15, -0.1) is 0 Å². The number of hydrogen-bond acceptors (Lipinski definition) is 4. The van der Waals surface area contributed by atoms with Crippen molar-refractivity contribution in [3.63, 3.8) is 0 Å². The molecule has 1 unspecified atom stereocenters. The van der Waals surface area contributed by atoms with E-state index in [1.165, 1.54) is 0 Å². The van der Waals surface area contributed by atoms with Crippen LogP contribution in [-0.4, -0.2) is 18.4 Å². The minimum atomic E-state index is -0.815. The molecular formula is C16H19NO3. The van der Waals surface area contributed by atoms with Gasteiger partial charge in [0.15, 0.2) is 5.78 Å². The molecule has 0 saturated carbocycles. The average molecular weight is 273 g/mol. The molecule has 1 rings (SSSR count). The molecule has 1 aromatic rings. The molecule has 1 atom stereocenters. The Labute approximate surface area is 119 Å². The Morgan fingerprint density at radius 3 is 2.55 bits per heavy atom. The Morgan fingerprint density at radius 2 is 2.00 bits per heavy atom. The van der Waals surface area contributed by atoms with Gasteiger partial charge in [0.25, 0.3) is 0 Å². The van der Waals surface area contributed by atoms with Crippen LogP contribution >= 0.6 is 0 Å². The number of carbonyl (C=O) groups excluding carboxylic acids is 2. The monoisotopic (exact) mass is 273 g/mol. The van der Waals surface area contributed by atoms with Crippen molar-refractivity contribution in [2.24, 2.45) is 0 Å². The maximum atomic E-state index is 12.1. The minimum Gasteiger partial charge on any atom is -0.466 e. The topological polar surface area (TPSA) is 67.2 Å². The molecule has 0 aliphatic heterocycles. The molecule has 0 heterocycles. The van der Waals surface area contributed by atoms with Crippen LogP contribution in [0.15, 0.2) is 18.2 Å². The predicted octanol–water partition coefficient (Wildman–Crippen LogP) is 2.82. The van der Waals surface area contributed by atoms with Crippen molar-refractivity contribution in [3.8, 4) is 6.07 Å². The summed E-state index contributed by atoms with van der Waals surface area (Å²) in [4.78, 5) is 23.3. The Bertz CT molecular complexity index is 543. The first kappa shape index (κ1) is 15.9. The van der Waals surface area contributed by atoms with Crippen molar-refractivity contribution in [1.29, 1.82) is 5.26 Å². The number of ether oxygens (including phenoxy) is 1. The fraction of sp³-hybridized carbons (Fsp3) is 0.438. The zero-order valence-corrected chi connectivity index (χ0v) is 12.1. The highest BCUT2D eigenvalue weighted by molar-refractivity contribution is 5.90. The van der Waals surface area contributed by atoms with Gasteiger partial charge in [0.2, 0.25) is 0 Å². The van der Waals surface area contributed by atoms with Crippen LogP contribution < -0.4 is 0 Å². The summed E-state index contributed by atoms with van der Waals surface area (Å²) in [5, 5.41) is 9.23. The van der Waals surface area contributed by atoms with E-state index in [4.69, 9.17) is 4.74 Å². The molecule has 20 heavy (non-hydrogen) atoms. The molecule has 0 radical (unpaired) electrons. The van der Waals surface area contributed by atoms with E-state index < -0.39 is 11.9 Å². The van der Waals surface area contributed by atoms with Crippen LogP contribution in [0.5, 0.6) is 0 Å². The summed E-state index contributed by atoms with van der Waals surface area (Å²) in [6.45, 7) is 5.85. The molecule has 0 saturated heterocycles. The highest BCUT2D eigenvalue weighted by atomic mass is 16.5. The number of benzene rings is 1. The molecule has 0 aliphatic rings. The highest BCUT2D eigenvalue weighted by Gasteiger charge is 2.22. The molecular weight excluding hydrogens is 254 g/mol. The van der Waals surface area contributed by atoms with Gasteiger partial charge in [0, 0.05) is 6.42 Å². The first-order chi connectivity index (χ1) is 9.49. The first-order valence-electron chi connectivity index (χ1n) is 6.64. The van der Waals surface area contributed by atoms with Crippen molar-refractivity contribution in [1.82, 2.24) is 0 Å². The van der Waals surface area contributed by atoms with Gasteiger partial charge in [0.1, 0.15) is 5.92 Å². The normalized spacial score (nSPS) is 11.5. The van der Waals surface area contributed by atoms with Crippen molar-refractivity contribution in [3.05, 3.63) is 34.9 Å². The number of aryl methyl sites for hydroxylation is 2. The second-order valence-corrected chi connectivity index (χ2v) is 4.69. The second-order valence-electron chi connectivity index (χ2n) is 4.69. The van der Waals surface area contributed by atoms with E-state index in [1.807, 2.05) is 32.0 Å². The van der Waals surface area contributed by atoms with Crippen LogP contribution in [0.4, 0.5) is 0 Å². The molecule has 1 aromatic carbocycles. The summed E-state index contributed by atoms with van der Waals surface area (Å²) < 4.78 is 4.78. The van der Waals surface area contributed by atoms with Gasteiger partial charge < -0.3 is 4.74 Å². The summed E-state index contributed by atoms with van der Waals surface area (Å²) in [6, 6.07) is 7.66. The minimum absolute atomic E-state index is 0.0236. The van der Waals surface area contributed by atoms with Gasteiger partial charge >= 0.3 is 5.97 Å². The van der Waals surface area contributed by atoms with Crippen LogP contribution in [0.3, 0.4) is 0 Å². The lowest BCUT2D eigenvalue weighted by Crippen LogP contribution is -2.15. The molecule has 0 N–H and O–H groups in total. The van der Waals surface area contributed by atoms with Crippen LogP contribution in [-0.2, 0) is 14.3 Å². The van der Waals surface area contributed by atoms with Gasteiger partial charge in [-0.2, -0.15) is 5.26 Å². The standard InChI is InChI=1S/C16H19NO3/c1-4-20-16(19)8-7-15(18)14(10-17)13-6-5-11(2)9-12(13)3/h5-6,9,14H,4,7-8H2,1-3H3. The second kappa shape index (κ2) is 7.44. The lowest BCUT2D eigenvalue weighted by Gasteiger charge is -2.12. The van der Waals surface area contributed by atoms with E-state index in [-0.39, 0.29) is 18.6 Å². The largest absolute Gasteiger partial charge is 0.466 e. The number of carbonyl (C=O) groups is 2. The van der Waals surface area contributed by atoms with Gasteiger partial charge in [-0.3, -0.25) is 9.59 Å². The summed E-state index contributed by atoms with van der Waals surface area (Å²) in [5.41, 5.74) is 2.72. The molecule has 4 nitrogen and oxygen atoms in total. The number of rotatable bonds is 6. The van der Waals surface area contributed by atoms with E-state index in [0.29, 0.717) is 12.2 Å². The Morgan fingerprint density at radius 1 is 1.30 bits per heavy atom. The van der Waals surface area contributed by atoms with E-state index in [2.05, 4.69) is 0 Å². The fourth-order valence-electron chi connectivity index (χ4n) is 2.07. The number of ketones is 1. The third-order valence-corrected chi connectivity index (χ3v) is 3.07. The first-order valence-corrected chi connectivity index (χ1v) is 6.64. The highest BCUT2D eigenvalue weighted by Crippen LogP contribution is 2.23. The fourth-order valence-corrected chi connectivity index (χ4v) is 2.07. The molecule has 0 fully saturated rings. The molecule has 0 amide bonds. The van der Waals surface area contributed by atoms with E-state index in [0.717, 1.165) is 11.1 Å². The number of nitrogens with zero attached hydrogens (tertiary/aromatic N) is 1. The number of nitriles is 1. The molecule has 4 heteroatoms. The summed E-state index contributed by atoms with van der Waals surface area (Å²) in [6.07, 6.45) is 0.0557. The molecule has 0 bridgehead atoms. The summed E-state index contributed by atoms with van der Waals surface area (Å²) in [7, 11) is 0. The predicted molar refractivity (Wildman–Crippen MR) is 75.1 cm³/mol. The maximum absolute atomic E-state index is 12.1. The van der Waals surface area contributed by atoms with Crippen LogP contribution in [0.1, 0.15) is 42.4 Å². The third kappa shape index (κ3) is 4.20. The average Bonchev–Trinajstić information content (AvgIpc) is 2.40. The van der Waals surface area contributed by atoms with E-state index in [1.54, 1.807) is 13.0 Å². The zero-order valence-electron chi connectivity index (χ0n) is 12.1. The van der Waals surface area contributed by atoms with Crippen molar-refractivity contribution < 1.29 is 14.3 Å². The van der Waals surface area contributed by atoms with Crippen LogP contribution in [0, 0.1) is 25.2 Å². The van der Waals surface area contributed by atoms with Gasteiger partial charge in [-0.05, 0) is 31.9 Å². The SMILES string of the molecule is CCOC(=O)CCC(=O)C(C#N)c1ccc(C)cc1C. The van der Waals surface area contributed by atoms with Crippen molar-refractivity contribution >= 4 is 11.8 Å². The molecule has 106 valence electrons. The van der Waals surface area contributed by atoms with Gasteiger partial charge in [-0.1, -0.05) is 23.8 Å². The van der Waals surface area contributed by atoms with Crippen molar-refractivity contribution in [2.75, 3.05) is 6.61 Å². The van der Waals surface area contributed by atoms with Crippen LogP contribution in [0.25, 0.3) is 0 Å². The van der Waals surface area contributed by atoms with E-state index >= 15 is 0 Å². The Balaban J connectivity index is 2.78. The number of esters is 1. The number of hydrogen-bond donors (Lipinski definition) is 0. The van der Waals surface area contributed by atoms with Crippen molar-refractivity contribution in [2.45, 2.75) is 39.5 Å².